The maximum absolute atomic E-state index is 5.54. The Morgan fingerprint density at radius 2 is 2.35 bits per heavy atom. The molecule has 1 aromatic heterocycles. The van der Waals surface area contributed by atoms with Crippen LogP contribution < -0.4 is 5.32 Å². The van der Waals surface area contributed by atoms with E-state index in [4.69, 9.17) is 4.74 Å². The van der Waals surface area contributed by atoms with Crippen LogP contribution in [-0.2, 0) is 11.3 Å². The molecular formula is C13H21N3O. The van der Waals surface area contributed by atoms with Crippen molar-refractivity contribution < 1.29 is 4.74 Å². The molecule has 4 nitrogen and oxygen atoms in total. The van der Waals surface area contributed by atoms with E-state index >= 15 is 0 Å². The van der Waals surface area contributed by atoms with Crippen molar-refractivity contribution in [3.8, 4) is 0 Å². The quantitative estimate of drug-likeness (QED) is 0.869. The van der Waals surface area contributed by atoms with Gasteiger partial charge in [0, 0.05) is 31.3 Å². The molecule has 1 atom stereocenters. The minimum absolute atomic E-state index is 0.650. The summed E-state index contributed by atoms with van der Waals surface area (Å²) in [6.45, 7) is 4.94. The van der Waals surface area contributed by atoms with Gasteiger partial charge < -0.3 is 14.6 Å². The number of nitrogens with one attached hydrogen (secondary N) is 1. The molecule has 0 spiro atoms. The van der Waals surface area contributed by atoms with Crippen LogP contribution in [0.5, 0.6) is 0 Å². The molecular weight excluding hydrogens is 214 g/mol. The van der Waals surface area contributed by atoms with E-state index in [-0.39, 0.29) is 0 Å². The van der Waals surface area contributed by atoms with Gasteiger partial charge in [0.1, 0.15) is 0 Å². The van der Waals surface area contributed by atoms with Gasteiger partial charge in [0.25, 0.3) is 0 Å². The fourth-order valence-corrected chi connectivity index (χ4v) is 2.44. The SMILES string of the molecule is Cc1cn(CC2CCCOC2)c(NC2CC2)n1. The first kappa shape index (κ1) is 11.1. The normalized spacial score (nSPS) is 24.9. The number of anilines is 1. The van der Waals surface area contributed by atoms with Gasteiger partial charge in [-0.15, -0.1) is 0 Å². The second-order valence-corrected chi connectivity index (χ2v) is 5.36. The zero-order valence-electron chi connectivity index (χ0n) is 10.5. The van der Waals surface area contributed by atoms with Crippen LogP contribution in [-0.4, -0.2) is 28.8 Å². The molecule has 94 valence electrons. The second kappa shape index (κ2) is 4.69. The molecule has 17 heavy (non-hydrogen) atoms. The van der Waals surface area contributed by atoms with Crippen LogP contribution >= 0.6 is 0 Å². The first-order valence-corrected chi connectivity index (χ1v) is 6.69. The molecule has 4 heteroatoms. The Labute approximate surface area is 102 Å². The van der Waals surface area contributed by atoms with Crippen LogP contribution in [0.4, 0.5) is 5.95 Å². The van der Waals surface area contributed by atoms with Gasteiger partial charge in [-0.1, -0.05) is 0 Å². The maximum atomic E-state index is 5.54. The molecule has 2 fully saturated rings. The first-order valence-electron chi connectivity index (χ1n) is 6.69. The summed E-state index contributed by atoms with van der Waals surface area (Å²) in [5.41, 5.74) is 1.10. The highest BCUT2D eigenvalue weighted by Gasteiger charge is 2.24. The summed E-state index contributed by atoms with van der Waals surface area (Å²) in [6.07, 6.45) is 7.21. The lowest BCUT2D eigenvalue weighted by molar-refractivity contribution is 0.0485. The van der Waals surface area contributed by atoms with Crippen molar-refractivity contribution in [2.75, 3.05) is 18.5 Å². The van der Waals surface area contributed by atoms with E-state index in [0.29, 0.717) is 12.0 Å². The minimum atomic E-state index is 0.650. The third-order valence-electron chi connectivity index (χ3n) is 3.52. The lowest BCUT2D eigenvalue weighted by atomic mass is 10.0. The summed E-state index contributed by atoms with van der Waals surface area (Å²) < 4.78 is 7.81. The molecule has 2 heterocycles. The number of nitrogens with zero attached hydrogens (tertiary/aromatic N) is 2. The van der Waals surface area contributed by atoms with E-state index in [1.165, 1.54) is 25.7 Å². The molecule has 2 aliphatic rings. The van der Waals surface area contributed by atoms with Crippen molar-refractivity contribution >= 4 is 5.95 Å². The van der Waals surface area contributed by atoms with Gasteiger partial charge >= 0.3 is 0 Å². The molecule has 0 amide bonds. The molecule has 1 N–H and O–H groups in total. The number of aryl methyl sites for hydroxylation is 1. The van der Waals surface area contributed by atoms with Crippen LogP contribution in [0.25, 0.3) is 0 Å². The topological polar surface area (TPSA) is 39.1 Å². The minimum Gasteiger partial charge on any atom is -0.381 e. The van der Waals surface area contributed by atoms with Crippen molar-refractivity contribution in [3.63, 3.8) is 0 Å². The van der Waals surface area contributed by atoms with Crippen LogP contribution in [0.2, 0.25) is 0 Å². The standard InChI is InChI=1S/C13H21N3O/c1-10-7-16(8-11-3-2-6-17-9-11)13(14-10)15-12-4-5-12/h7,11-12H,2-6,8-9H2,1H3,(H,14,15). The van der Waals surface area contributed by atoms with Gasteiger partial charge in [0.2, 0.25) is 5.95 Å². The zero-order chi connectivity index (χ0) is 11.7. The molecule has 3 rings (SSSR count). The van der Waals surface area contributed by atoms with E-state index in [0.717, 1.165) is 31.4 Å². The number of ether oxygens (including phenoxy) is 1. The largest absolute Gasteiger partial charge is 0.381 e. The second-order valence-electron chi connectivity index (χ2n) is 5.36. The van der Waals surface area contributed by atoms with E-state index in [1.54, 1.807) is 0 Å². The van der Waals surface area contributed by atoms with Crippen LogP contribution in [0.1, 0.15) is 31.4 Å². The summed E-state index contributed by atoms with van der Waals surface area (Å²) >= 11 is 0. The Balaban J connectivity index is 1.67. The highest BCUT2D eigenvalue weighted by Crippen LogP contribution is 2.25. The molecule has 1 saturated carbocycles. The smallest absolute Gasteiger partial charge is 0.203 e. The monoisotopic (exact) mass is 235 g/mol. The predicted octanol–water partition coefficient (Wildman–Crippen LogP) is 2.19. The van der Waals surface area contributed by atoms with E-state index in [2.05, 4.69) is 28.0 Å². The Morgan fingerprint density at radius 3 is 3.06 bits per heavy atom. The Morgan fingerprint density at radius 1 is 1.47 bits per heavy atom. The van der Waals surface area contributed by atoms with Crippen molar-refractivity contribution in [2.24, 2.45) is 5.92 Å². The van der Waals surface area contributed by atoms with Gasteiger partial charge in [-0.25, -0.2) is 4.98 Å². The number of hydrogen-bond donors (Lipinski definition) is 1. The predicted molar refractivity (Wildman–Crippen MR) is 67.2 cm³/mol. The number of hydrogen-bond acceptors (Lipinski definition) is 3. The van der Waals surface area contributed by atoms with Gasteiger partial charge in [0.05, 0.1) is 12.3 Å². The van der Waals surface area contributed by atoms with Crippen molar-refractivity contribution in [1.29, 1.82) is 0 Å². The summed E-state index contributed by atoms with van der Waals surface area (Å²) in [4.78, 5) is 4.57. The first-order chi connectivity index (χ1) is 8.31. The van der Waals surface area contributed by atoms with Gasteiger partial charge in [-0.2, -0.15) is 0 Å². The average molecular weight is 235 g/mol. The molecule has 0 aromatic carbocycles. The lowest BCUT2D eigenvalue weighted by Gasteiger charge is -2.23. The highest BCUT2D eigenvalue weighted by molar-refractivity contribution is 5.32. The van der Waals surface area contributed by atoms with Crippen LogP contribution in [0.3, 0.4) is 0 Å². The number of imidazole rings is 1. The van der Waals surface area contributed by atoms with E-state index < -0.39 is 0 Å². The van der Waals surface area contributed by atoms with Crippen molar-refractivity contribution in [2.45, 2.75) is 45.2 Å². The number of rotatable bonds is 4. The molecule has 1 aliphatic carbocycles. The summed E-state index contributed by atoms with van der Waals surface area (Å²) in [5.74, 6) is 1.70. The summed E-state index contributed by atoms with van der Waals surface area (Å²) in [6, 6.07) is 0.665. The van der Waals surface area contributed by atoms with Gasteiger partial charge in [0.15, 0.2) is 0 Å². The van der Waals surface area contributed by atoms with Crippen molar-refractivity contribution in [3.05, 3.63) is 11.9 Å². The third kappa shape index (κ3) is 2.80. The van der Waals surface area contributed by atoms with E-state index in [9.17, 15) is 0 Å². The Hall–Kier alpha value is -1.03. The number of aromatic nitrogens is 2. The fourth-order valence-electron chi connectivity index (χ4n) is 2.44. The molecule has 0 bridgehead atoms. The van der Waals surface area contributed by atoms with Crippen LogP contribution in [0.15, 0.2) is 6.20 Å². The van der Waals surface area contributed by atoms with Crippen LogP contribution in [0, 0.1) is 12.8 Å². The highest BCUT2D eigenvalue weighted by atomic mass is 16.5. The molecule has 1 aliphatic heterocycles. The van der Waals surface area contributed by atoms with Gasteiger partial charge in [-0.3, -0.25) is 0 Å². The molecule has 0 radical (unpaired) electrons. The molecule has 1 saturated heterocycles. The summed E-state index contributed by atoms with van der Waals surface area (Å²) in [7, 11) is 0. The Kier molecular flexibility index (Phi) is 3.05. The van der Waals surface area contributed by atoms with Gasteiger partial charge in [-0.05, 0) is 32.6 Å². The summed E-state index contributed by atoms with van der Waals surface area (Å²) in [5, 5.41) is 3.51. The lowest BCUT2D eigenvalue weighted by Crippen LogP contribution is -2.22. The van der Waals surface area contributed by atoms with Crippen molar-refractivity contribution in [1.82, 2.24) is 9.55 Å². The fraction of sp³-hybridized carbons (Fsp3) is 0.769. The van der Waals surface area contributed by atoms with E-state index in [1.807, 2.05) is 0 Å². The Bertz CT molecular complexity index is 378. The molecule has 1 aromatic rings. The molecule has 1 unspecified atom stereocenters. The average Bonchev–Trinajstić information content (AvgIpc) is 3.06. The third-order valence-corrected chi connectivity index (χ3v) is 3.52. The maximum Gasteiger partial charge on any atom is 0.203 e. The zero-order valence-corrected chi connectivity index (χ0v) is 10.5.